The SMILES string of the molecule is Cc1ccc(-n2cnnn2)c(-c2cc3n(c(=O)c2)[C@H](c2ncc(-c4ccc(C(=O)O)s4)[nH]2)CC3)c1. The summed E-state index contributed by atoms with van der Waals surface area (Å²) in [5.74, 6) is -0.270. The fourth-order valence-electron chi connectivity index (χ4n) is 4.59. The molecule has 1 atom stereocenters. The lowest BCUT2D eigenvalue weighted by Gasteiger charge is -2.15. The minimum absolute atomic E-state index is 0.105. The first-order chi connectivity index (χ1) is 17.0. The number of aromatic carboxylic acids is 1. The summed E-state index contributed by atoms with van der Waals surface area (Å²) in [7, 11) is 0. The van der Waals surface area contributed by atoms with Crippen molar-refractivity contribution in [1.82, 2.24) is 34.7 Å². The first kappa shape index (κ1) is 21.2. The Morgan fingerprint density at radius 1 is 1.20 bits per heavy atom. The normalized spacial score (nSPS) is 14.8. The summed E-state index contributed by atoms with van der Waals surface area (Å²) in [6.07, 6.45) is 4.70. The molecule has 1 aliphatic heterocycles. The summed E-state index contributed by atoms with van der Waals surface area (Å²) in [5.41, 5.74) is 5.13. The highest BCUT2D eigenvalue weighted by Crippen LogP contribution is 2.34. The summed E-state index contributed by atoms with van der Waals surface area (Å²) in [6.45, 7) is 2.00. The number of hydrogen-bond donors (Lipinski definition) is 2. The van der Waals surface area contributed by atoms with E-state index in [1.807, 2.05) is 31.2 Å². The number of rotatable bonds is 5. The molecule has 0 bridgehead atoms. The van der Waals surface area contributed by atoms with E-state index in [1.165, 1.54) is 17.7 Å². The van der Waals surface area contributed by atoms with Gasteiger partial charge in [-0.1, -0.05) is 11.6 Å². The summed E-state index contributed by atoms with van der Waals surface area (Å²) in [5, 5.41) is 20.7. The molecular formula is C24H19N7O3S. The number of aromatic amines is 1. The number of carboxylic acids is 1. The van der Waals surface area contributed by atoms with E-state index in [0.717, 1.165) is 51.5 Å². The fourth-order valence-corrected chi connectivity index (χ4v) is 5.40. The van der Waals surface area contributed by atoms with Gasteiger partial charge in [-0.2, -0.15) is 4.68 Å². The lowest BCUT2D eigenvalue weighted by Crippen LogP contribution is -2.23. The Hall–Kier alpha value is -4.38. The molecule has 1 aliphatic rings. The minimum Gasteiger partial charge on any atom is -0.477 e. The van der Waals surface area contributed by atoms with Gasteiger partial charge in [0, 0.05) is 17.3 Å². The first-order valence-electron chi connectivity index (χ1n) is 11.0. The van der Waals surface area contributed by atoms with Gasteiger partial charge in [-0.05, 0) is 66.1 Å². The number of aromatic nitrogens is 7. The number of hydrogen-bond acceptors (Lipinski definition) is 7. The molecule has 11 heteroatoms. The van der Waals surface area contributed by atoms with Gasteiger partial charge in [-0.3, -0.25) is 4.79 Å². The maximum atomic E-state index is 13.3. The van der Waals surface area contributed by atoms with Crippen LogP contribution < -0.4 is 5.56 Å². The van der Waals surface area contributed by atoms with Gasteiger partial charge in [-0.15, -0.1) is 16.4 Å². The second kappa shape index (κ2) is 8.13. The molecule has 1 aromatic carbocycles. The third kappa shape index (κ3) is 3.66. The topological polar surface area (TPSA) is 132 Å². The molecule has 174 valence electrons. The van der Waals surface area contributed by atoms with Crippen molar-refractivity contribution in [3.05, 3.63) is 87.3 Å². The van der Waals surface area contributed by atoms with Crippen molar-refractivity contribution < 1.29 is 9.90 Å². The number of thiophene rings is 1. The number of aryl methyl sites for hydroxylation is 2. The van der Waals surface area contributed by atoms with Crippen LogP contribution in [0, 0.1) is 6.92 Å². The third-order valence-electron chi connectivity index (χ3n) is 6.19. The maximum absolute atomic E-state index is 13.3. The number of carbonyl (C=O) groups is 1. The molecular weight excluding hydrogens is 466 g/mol. The second-order valence-electron chi connectivity index (χ2n) is 8.42. The Labute approximate surface area is 202 Å². The largest absolute Gasteiger partial charge is 0.477 e. The predicted octanol–water partition coefficient (Wildman–Crippen LogP) is 3.48. The number of fused-ring (bicyclic) bond motifs is 1. The van der Waals surface area contributed by atoms with Gasteiger partial charge >= 0.3 is 5.97 Å². The Balaban J connectivity index is 1.37. The Morgan fingerprint density at radius 2 is 2.09 bits per heavy atom. The fraction of sp³-hybridized carbons (Fsp3) is 0.167. The second-order valence-corrected chi connectivity index (χ2v) is 9.51. The highest BCUT2D eigenvalue weighted by Gasteiger charge is 2.28. The van der Waals surface area contributed by atoms with Gasteiger partial charge in [0.2, 0.25) is 0 Å². The molecule has 6 rings (SSSR count). The number of benzene rings is 1. The zero-order valence-electron chi connectivity index (χ0n) is 18.5. The highest BCUT2D eigenvalue weighted by molar-refractivity contribution is 7.17. The van der Waals surface area contributed by atoms with Gasteiger partial charge in [-0.25, -0.2) is 9.78 Å². The van der Waals surface area contributed by atoms with Gasteiger partial charge in [0.15, 0.2) is 0 Å². The van der Waals surface area contributed by atoms with Crippen LogP contribution in [0.1, 0.15) is 39.2 Å². The van der Waals surface area contributed by atoms with E-state index >= 15 is 0 Å². The van der Waals surface area contributed by atoms with Crippen molar-refractivity contribution in [2.45, 2.75) is 25.8 Å². The van der Waals surface area contributed by atoms with Crippen LogP contribution in [-0.4, -0.2) is 45.8 Å². The van der Waals surface area contributed by atoms with Gasteiger partial charge in [0.05, 0.1) is 28.5 Å². The first-order valence-corrected chi connectivity index (χ1v) is 11.8. The molecule has 0 aliphatic carbocycles. The van der Waals surface area contributed by atoms with Crippen LogP contribution in [0.3, 0.4) is 0 Å². The standard InChI is InChI=1S/C24H19N7O3S/c1-13-2-4-18(30-12-26-28-29-30)16(8-13)14-9-15-3-5-19(31(15)22(32)10-14)23-25-11-17(27-23)20-6-7-21(35-20)24(33)34/h2,4,6-12,19H,3,5H2,1H3,(H,25,27)(H,33,34)/t19-/m0/s1. The molecule has 0 unspecified atom stereocenters. The molecule has 0 spiro atoms. The molecule has 0 saturated carbocycles. The summed E-state index contributed by atoms with van der Waals surface area (Å²) in [4.78, 5) is 33.4. The van der Waals surface area contributed by atoms with Gasteiger partial charge in [0.1, 0.15) is 17.0 Å². The van der Waals surface area contributed by atoms with E-state index in [-0.39, 0.29) is 16.5 Å². The molecule has 0 fully saturated rings. The monoisotopic (exact) mass is 485 g/mol. The van der Waals surface area contributed by atoms with E-state index in [2.05, 4.69) is 25.5 Å². The van der Waals surface area contributed by atoms with Crippen molar-refractivity contribution in [3.63, 3.8) is 0 Å². The van der Waals surface area contributed by atoms with Crippen LogP contribution >= 0.6 is 11.3 Å². The lowest BCUT2D eigenvalue weighted by atomic mass is 10.0. The van der Waals surface area contributed by atoms with E-state index in [4.69, 9.17) is 0 Å². The molecule has 0 amide bonds. The van der Waals surface area contributed by atoms with Crippen LogP contribution in [0.2, 0.25) is 0 Å². The predicted molar refractivity (Wildman–Crippen MR) is 129 cm³/mol. The molecule has 10 nitrogen and oxygen atoms in total. The summed E-state index contributed by atoms with van der Waals surface area (Å²) < 4.78 is 3.38. The zero-order chi connectivity index (χ0) is 24.1. The number of nitrogens with zero attached hydrogens (tertiary/aromatic N) is 6. The van der Waals surface area contributed by atoms with Crippen LogP contribution in [0.15, 0.2) is 59.8 Å². The quantitative estimate of drug-likeness (QED) is 0.389. The maximum Gasteiger partial charge on any atom is 0.345 e. The van der Waals surface area contributed by atoms with Crippen molar-refractivity contribution >= 4 is 17.3 Å². The zero-order valence-corrected chi connectivity index (χ0v) is 19.4. The van der Waals surface area contributed by atoms with Crippen molar-refractivity contribution in [1.29, 1.82) is 0 Å². The van der Waals surface area contributed by atoms with Crippen molar-refractivity contribution in [3.8, 4) is 27.4 Å². The average molecular weight is 486 g/mol. The van der Waals surface area contributed by atoms with Gasteiger partial charge in [0.25, 0.3) is 5.56 Å². The molecule has 35 heavy (non-hydrogen) atoms. The molecule has 0 radical (unpaired) electrons. The third-order valence-corrected chi connectivity index (χ3v) is 7.29. The summed E-state index contributed by atoms with van der Waals surface area (Å²) >= 11 is 1.18. The van der Waals surface area contributed by atoms with Crippen molar-refractivity contribution in [2.75, 3.05) is 0 Å². The summed E-state index contributed by atoms with van der Waals surface area (Å²) in [6, 6.07) is 12.8. The number of tetrazole rings is 1. The Morgan fingerprint density at radius 3 is 2.86 bits per heavy atom. The van der Waals surface area contributed by atoms with E-state index in [0.29, 0.717) is 5.82 Å². The number of imidazole rings is 1. The molecule has 4 aromatic heterocycles. The molecule has 0 saturated heterocycles. The number of H-pyrrole nitrogens is 1. The average Bonchev–Trinajstić information content (AvgIpc) is 3.64. The Bertz CT molecular complexity index is 1630. The van der Waals surface area contributed by atoms with Gasteiger partial charge < -0.3 is 14.7 Å². The van der Waals surface area contributed by atoms with Crippen LogP contribution in [0.5, 0.6) is 0 Å². The highest BCUT2D eigenvalue weighted by atomic mass is 32.1. The number of carboxylic acid groups (broad SMARTS) is 1. The molecule has 2 N–H and O–H groups in total. The van der Waals surface area contributed by atoms with Crippen molar-refractivity contribution in [2.24, 2.45) is 0 Å². The number of pyridine rings is 1. The lowest BCUT2D eigenvalue weighted by molar-refractivity contribution is 0.0702. The van der Waals surface area contributed by atoms with E-state index < -0.39 is 5.97 Å². The molecule has 5 heterocycles. The van der Waals surface area contributed by atoms with Crippen LogP contribution in [0.25, 0.3) is 27.4 Å². The Kier molecular flexibility index (Phi) is 4.92. The van der Waals surface area contributed by atoms with Crippen LogP contribution in [-0.2, 0) is 6.42 Å². The smallest absolute Gasteiger partial charge is 0.345 e. The minimum atomic E-state index is -0.954. The number of nitrogens with one attached hydrogen (secondary N) is 1. The van der Waals surface area contributed by atoms with Crippen LogP contribution in [0.4, 0.5) is 0 Å². The van der Waals surface area contributed by atoms with E-state index in [1.54, 1.807) is 33.6 Å². The molecule has 5 aromatic rings. The van der Waals surface area contributed by atoms with E-state index in [9.17, 15) is 14.7 Å².